The third-order valence-electron chi connectivity index (χ3n) is 9.58. The average Bonchev–Trinajstić information content (AvgIpc) is 3.49. The van der Waals surface area contributed by atoms with E-state index < -0.39 is 38.6 Å². The van der Waals surface area contributed by atoms with Crippen molar-refractivity contribution in [2.45, 2.75) is 154 Å². The number of hydrogen-bond donors (Lipinski definition) is 2. The first-order valence-corrected chi connectivity index (χ1v) is 22.9. The molecule has 1 unspecified atom stereocenters. The van der Waals surface area contributed by atoms with Crippen LogP contribution in [0.1, 0.15) is 142 Å². The molecule has 0 aliphatic heterocycles. The molecule has 56 heavy (non-hydrogen) atoms. The fourth-order valence-electron chi connectivity index (χ4n) is 6.06. The lowest BCUT2D eigenvalue weighted by Crippen LogP contribution is -2.37. The van der Waals surface area contributed by atoms with Crippen LogP contribution in [0.15, 0.2) is 48.6 Å². The molecular formula is C44H77NO10P+. The van der Waals surface area contributed by atoms with Crippen molar-refractivity contribution in [3.05, 3.63) is 48.6 Å². The molecule has 1 aliphatic rings. The molecule has 0 saturated heterocycles. The van der Waals surface area contributed by atoms with Gasteiger partial charge in [0, 0.05) is 18.8 Å². The normalized spacial score (nSPS) is 18.3. The maximum Gasteiger partial charge on any atom is 0.472 e. The minimum Gasteiger partial charge on any atom is -0.462 e. The van der Waals surface area contributed by atoms with E-state index in [1.165, 1.54) is 25.7 Å². The second kappa shape index (κ2) is 31.6. The van der Waals surface area contributed by atoms with E-state index in [1.807, 2.05) is 45.4 Å². The van der Waals surface area contributed by atoms with Gasteiger partial charge in [0.2, 0.25) is 0 Å². The molecule has 0 radical (unpaired) electrons. The fraction of sp³-hybridized carbons (Fsp3) is 0.750. The minimum absolute atomic E-state index is 0.00304. The van der Waals surface area contributed by atoms with E-state index in [0.29, 0.717) is 43.1 Å². The Labute approximate surface area is 339 Å². The Balaban J connectivity index is 2.49. The summed E-state index contributed by atoms with van der Waals surface area (Å²) in [4.78, 5) is 47.8. The number of aliphatic hydroxyl groups excluding tert-OH is 1. The summed E-state index contributed by atoms with van der Waals surface area (Å²) in [6, 6.07) is 0. The maximum atomic E-state index is 12.7. The van der Waals surface area contributed by atoms with Gasteiger partial charge in [-0.2, -0.15) is 0 Å². The van der Waals surface area contributed by atoms with Gasteiger partial charge in [-0.05, 0) is 69.8 Å². The summed E-state index contributed by atoms with van der Waals surface area (Å²) < 4.78 is 34.2. The van der Waals surface area contributed by atoms with E-state index in [1.54, 1.807) is 12.2 Å². The number of ether oxygens (including phenoxy) is 2. The summed E-state index contributed by atoms with van der Waals surface area (Å²) in [5.74, 6) is -1.16. The Hall–Kier alpha value is -2.40. The zero-order valence-corrected chi connectivity index (χ0v) is 36.3. The lowest BCUT2D eigenvalue weighted by molar-refractivity contribution is -0.870. The molecule has 0 fully saturated rings. The molecule has 5 atom stereocenters. The Bertz CT molecular complexity index is 1240. The summed E-state index contributed by atoms with van der Waals surface area (Å²) in [5.41, 5.74) is 0. The van der Waals surface area contributed by atoms with E-state index in [9.17, 15) is 28.9 Å². The number of phosphoric ester groups is 1. The van der Waals surface area contributed by atoms with E-state index >= 15 is 0 Å². The molecule has 0 saturated carbocycles. The number of nitrogens with zero attached hydrogens (tertiary/aromatic N) is 1. The quantitative estimate of drug-likeness (QED) is 0.0209. The van der Waals surface area contributed by atoms with Gasteiger partial charge in [0.05, 0.1) is 33.9 Å². The van der Waals surface area contributed by atoms with Crippen molar-refractivity contribution in [3.8, 4) is 0 Å². The summed E-state index contributed by atoms with van der Waals surface area (Å²) >= 11 is 0. The zero-order valence-electron chi connectivity index (χ0n) is 35.5. The van der Waals surface area contributed by atoms with Crippen LogP contribution in [0.5, 0.6) is 0 Å². The first-order chi connectivity index (χ1) is 26.8. The predicted molar refractivity (Wildman–Crippen MR) is 224 cm³/mol. The number of unbranched alkanes of at least 4 members (excludes halogenated alkanes) is 12. The van der Waals surface area contributed by atoms with Crippen LogP contribution in [0.4, 0.5) is 0 Å². The minimum atomic E-state index is -4.42. The van der Waals surface area contributed by atoms with E-state index in [-0.39, 0.29) is 43.7 Å². The van der Waals surface area contributed by atoms with Crippen LogP contribution in [0.25, 0.3) is 0 Å². The number of phosphoric acid groups is 1. The third kappa shape index (κ3) is 28.9. The molecule has 0 aromatic carbocycles. The Morgan fingerprint density at radius 2 is 1.41 bits per heavy atom. The van der Waals surface area contributed by atoms with Crippen LogP contribution in [0.2, 0.25) is 0 Å². The van der Waals surface area contributed by atoms with Crippen molar-refractivity contribution in [3.63, 3.8) is 0 Å². The smallest absolute Gasteiger partial charge is 0.462 e. The molecule has 0 amide bonds. The van der Waals surface area contributed by atoms with Gasteiger partial charge in [0.1, 0.15) is 19.8 Å². The van der Waals surface area contributed by atoms with Gasteiger partial charge in [0.15, 0.2) is 11.9 Å². The van der Waals surface area contributed by atoms with Crippen molar-refractivity contribution in [2.24, 2.45) is 11.8 Å². The molecule has 0 bridgehead atoms. The lowest BCUT2D eigenvalue weighted by atomic mass is 9.90. The number of carbonyl (C=O) groups is 3. The number of hydrogen-bond acceptors (Lipinski definition) is 9. The molecule has 0 aromatic heterocycles. The number of rotatable bonds is 35. The second-order valence-corrected chi connectivity index (χ2v) is 17.5. The molecule has 322 valence electrons. The van der Waals surface area contributed by atoms with Gasteiger partial charge in [-0.1, -0.05) is 114 Å². The van der Waals surface area contributed by atoms with Crippen molar-refractivity contribution in [1.82, 2.24) is 0 Å². The van der Waals surface area contributed by atoms with Gasteiger partial charge in [-0.25, -0.2) is 4.57 Å². The van der Waals surface area contributed by atoms with E-state index in [0.717, 1.165) is 57.8 Å². The van der Waals surface area contributed by atoms with E-state index in [4.69, 9.17) is 18.5 Å². The Kier molecular flexibility index (Phi) is 29.1. The monoisotopic (exact) mass is 811 g/mol. The largest absolute Gasteiger partial charge is 0.472 e. The van der Waals surface area contributed by atoms with Gasteiger partial charge in [-0.3, -0.25) is 23.4 Å². The molecule has 1 rings (SSSR count). The highest BCUT2D eigenvalue weighted by Gasteiger charge is 2.28. The third-order valence-corrected chi connectivity index (χ3v) is 10.6. The Morgan fingerprint density at radius 3 is 2.11 bits per heavy atom. The molecular weight excluding hydrogens is 733 g/mol. The summed E-state index contributed by atoms with van der Waals surface area (Å²) in [6.45, 7) is 4.05. The van der Waals surface area contributed by atoms with Gasteiger partial charge >= 0.3 is 19.8 Å². The molecule has 0 heterocycles. The number of allylic oxidation sites excluding steroid dienone is 7. The number of ketones is 1. The summed E-state index contributed by atoms with van der Waals surface area (Å²) in [5, 5.41) is 10.2. The van der Waals surface area contributed by atoms with Crippen molar-refractivity contribution < 1.29 is 52.0 Å². The molecule has 11 nitrogen and oxygen atoms in total. The van der Waals surface area contributed by atoms with Crippen molar-refractivity contribution in [2.75, 3.05) is 47.5 Å². The molecule has 0 spiro atoms. The van der Waals surface area contributed by atoms with Crippen molar-refractivity contribution in [1.29, 1.82) is 0 Å². The first-order valence-electron chi connectivity index (χ1n) is 21.4. The highest BCUT2D eigenvalue weighted by Crippen LogP contribution is 2.43. The van der Waals surface area contributed by atoms with Crippen LogP contribution in [-0.2, 0) is 37.5 Å². The summed E-state index contributed by atoms with van der Waals surface area (Å²) in [6.07, 6.45) is 32.2. The van der Waals surface area contributed by atoms with Crippen LogP contribution < -0.4 is 0 Å². The van der Waals surface area contributed by atoms with Gasteiger partial charge < -0.3 is 24.0 Å². The molecule has 2 N–H and O–H groups in total. The number of aliphatic hydroxyl groups is 1. The summed E-state index contributed by atoms with van der Waals surface area (Å²) in [7, 11) is 1.36. The standard InChI is InChI=1S/C44H76NO10P/c1-6-8-10-11-12-13-14-15-16-17-18-19-25-29-44(49)55-40(37-54-56(50,51)53-35-34-45(3,4)5)36-52-43(48)28-24-21-20-23-26-38-30-33-42(47)41(38)32-31-39(46)27-22-9-7-2/h13-14,20,23,30-33,38-41,46H,6-12,15-19,21-22,24-29,34-37H2,1-5H3/p+1/b14-13-,23-20-,32-31+/t38-,39-,40+,41+/m0/s1. The van der Waals surface area contributed by atoms with Crippen molar-refractivity contribution >= 4 is 25.5 Å². The molecule has 0 aromatic rings. The number of esters is 2. The zero-order chi connectivity index (χ0) is 41.5. The van der Waals surface area contributed by atoms with E-state index in [2.05, 4.69) is 26.0 Å². The molecule has 12 heteroatoms. The number of carbonyl (C=O) groups excluding carboxylic acids is 3. The van der Waals surface area contributed by atoms with Gasteiger partial charge in [0.25, 0.3) is 0 Å². The van der Waals surface area contributed by atoms with Crippen LogP contribution in [-0.4, -0.2) is 91.9 Å². The van der Waals surface area contributed by atoms with Crippen LogP contribution >= 0.6 is 7.82 Å². The second-order valence-electron chi connectivity index (χ2n) is 16.0. The highest BCUT2D eigenvalue weighted by atomic mass is 31.2. The number of quaternary nitrogens is 1. The molecule has 1 aliphatic carbocycles. The average molecular weight is 811 g/mol. The van der Waals surface area contributed by atoms with Gasteiger partial charge in [-0.15, -0.1) is 0 Å². The number of likely N-dealkylation sites (N-methyl/N-ethyl adjacent to an activating group) is 1. The van der Waals surface area contributed by atoms with Crippen LogP contribution in [0.3, 0.4) is 0 Å². The SMILES string of the molecule is CCCCCC/C=C\CCCCCCCC(=O)O[C@H](COC(=O)CCC/C=C\C[C@H]1C=CC(=O)[C@@H]1/C=C/[C@@H](O)CCCCC)COP(=O)(O)OCC[N+](C)(C)C. The Morgan fingerprint density at radius 1 is 0.804 bits per heavy atom. The van der Waals surface area contributed by atoms with Crippen LogP contribution in [0, 0.1) is 11.8 Å². The maximum absolute atomic E-state index is 12.7. The fourth-order valence-corrected chi connectivity index (χ4v) is 6.80. The lowest BCUT2D eigenvalue weighted by Gasteiger charge is -2.24. The highest BCUT2D eigenvalue weighted by molar-refractivity contribution is 7.47. The predicted octanol–water partition coefficient (Wildman–Crippen LogP) is 9.52. The topological polar surface area (TPSA) is 146 Å². The first kappa shape index (κ1) is 51.6.